The molecule has 9 heteroatoms. The molecule has 1 atom stereocenters. The number of pyridine rings is 1. The van der Waals surface area contributed by atoms with Crippen LogP contribution in [0.5, 0.6) is 0 Å². The molecule has 1 saturated heterocycles. The van der Waals surface area contributed by atoms with Crippen molar-refractivity contribution in [2.75, 3.05) is 16.8 Å². The van der Waals surface area contributed by atoms with E-state index >= 15 is 0 Å². The van der Waals surface area contributed by atoms with Crippen molar-refractivity contribution in [2.45, 2.75) is 19.4 Å². The highest BCUT2D eigenvalue weighted by molar-refractivity contribution is 7.91. The van der Waals surface area contributed by atoms with Gasteiger partial charge in [0.05, 0.1) is 45.6 Å². The SMILES string of the molecule is Cc1nn([C@H]2CCS(=O)(=O)C2)c2nc(-c3ccccc3)cc(C(=O)Nc3ccccc3F)c12. The Balaban J connectivity index is 1.69. The number of para-hydroxylation sites is 1. The van der Waals surface area contributed by atoms with Crippen LogP contribution in [-0.4, -0.2) is 40.6 Å². The topological polar surface area (TPSA) is 93.9 Å². The summed E-state index contributed by atoms with van der Waals surface area (Å²) in [5.74, 6) is -0.955. The maximum atomic E-state index is 14.2. The number of fused-ring (bicyclic) bond motifs is 1. The average Bonchev–Trinajstić information content (AvgIpc) is 3.34. The van der Waals surface area contributed by atoms with Crippen LogP contribution in [0, 0.1) is 12.7 Å². The number of rotatable bonds is 4. The fourth-order valence-electron chi connectivity index (χ4n) is 4.22. The minimum Gasteiger partial charge on any atom is -0.319 e. The van der Waals surface area contributed by atoms with Gasteiger partial charge in [-0.3, -0.25) is 4.79 Å². The van der Waals surface area contributed by atoms with Crippen molar-refractivity contribution in [2.24, 2.45) is 0 Å². The Hall–Kier alpha value is -3.59. The number of benzene rings is 2. The van der Waals surface area contributed by atoms with Crippen LogP contribution in [-0.2, 0) is 9.84 Å². The maximum Gasteiger partial charge on any atom is 0.256 e. The van der Waals surface area contributed by atoms with Crippen molar-refractivity contribution >= 4 is 32.5 Å². The minimum absolute atomic E-state index is 0.0166. The van der Waals surface area contributed by atoms with E-state index in [9.17, 15) is 17.6 Å². The molecule has 0 spiro atoms. The molecule has 7 nitrogen and oxygen atoms in total. The van der Waals surface area contributed by atoms with Crippen molar-refractivity contribution in [1.82, 2.24) is 14.8 Å². The summed E-state index contributed by atoms with van der Waals surface area (Å²) >= 11 is 0. The number of hydrogen-bond acceptors (Lipinski definition) is 5. The van der Waals surface area contributed by atoms with E-state index in [0.29, 0.717) is 34.4 Å². The van der Waals surface area contributed by atoms with E-state index in [2.05, 4.69) is 10.4 Å². The van der Waals surface area contributed by atoms with Gasteiger partial charge >= 0.3 is 0 Å². The number of amides is 1. The highest BCUT2D eigenvalue weighted by atomic mass is 32.2. The predicted molar refractivity (Wildman–Crippen MR) is 124 cm³/mol. The third-order valence-electron chi connectivity index (χ3n) is 5.83. The van der Waals surface area contributed by atoms with Crippen molar-refractivity contribution in [3.63, 3.8) is 0 Å². The fraction of sp³-hybridized carbons (Fsp3) is 0.208. The van der Waals surface area contributed by atoms with Crippen LogP contribution in [0.1, 0.15) is 28.5 Å². The lowest BCUT2D eigenvalue weighted by Gasteiger charge is -2.12. The molecule has 168 valence electrons. The molecule has 1 aliphatic heterocycles. The summed E-state index contributed by atoms with van der Waals surface area (Å²) in [6, 6.07) is 16.6. The number of halogens is 1. The molecule has 3 heterocycles. The molecule has 0 aliphatic carbocycles. The van der Waals surface area contributed by atoms with Gasteiger partial charge in [-0.05, 0) is 31.5 Å². The molecule has 33 heavy (non-hydrogen) atoms. The van der Waals surface area contributed by atoms with Crippen LogP contribution in [0.2, 0.25) is 0 Å². The first-order valence-corrected chi connectivity index (χ1v) is 12.4. The second-order valence-corrected chi connectivity index (χ2v) is 10.4. The summed E-state index contributed by atoms with van der Waals surface area (Å²) in [5.41, 5.74) is 2.70. The lowest BCUT2D eigenvalue weighted by Crippen LogP contribution is -2.15. The molecule has 1 aliphatic rings. The number of anilines is 1. The van der Waals surface area contributed by atoms with Gasteiger partial charge in [-0.1, -0.05) is 42.5 Å². The minimum atomic E-state index is -3.15. The molecule has 2 aromatic carbocycles. The van der Waals surface area contributed by atoms with Gasteiger partial charge in [-0.25, -0.2) is 22.5 Å². The highest BCUT2D eigenvalue weighted by Gasteiger charge is 2.32. The number of carbonyl (C=O) groups excluding carboxylic acids is 1. The largest absolute Gasteiger partial charge is 0.319 e. The lowest BCUT2D eigenvalue weighted by atomic mass is 10.0. The predicted octanol–water partition coefficient (Wildman–Crippen LogP) is 4.16. The number of nitrogens with one attached hydrogen (secondary N) is 1. The van der Waals surface area contributed by atoms with E-state index in [0.717, 1.165) is 5.56 Å². The van der Waals surface area contributed by atoms with Gasteiger partial charge in [0, 0.05) is 5.56 Å². The van der Waals surface area contributed by atoms with Gasteiger partial charge in [-0.15, -0.1) is 0 Å². The summed E-state index contributed by atoms with van der Waals surface area (Å²) in [5, 5.41) is 7.74. The molecule has 4 aromatic rings. The summed E-state index contributed by atoms with van der Waals surface area (Å²) in [6.45, 7) is 1.76. The number of hydrogen-bond donors (Lipinski definition) is 1. The summed E-state index contributed by atoms with van der Waals surface area (Å²) in [7, 11) is -3.15. The number of aromatic nitrogens is 3. The van der Waals surface area contributed by atoms with Gasteiger partial charge in [0.25, 0.3) is 5.91 Å². The first kappa shape index (κ1) is 21.3. The van der Waals surface area contributed by atoms with Crippen LogP contribution in [0.3, 0.4) is 0 Å². The third-order valence-corrected chi connectivity index (χ3v) is 7.58. The number of nitrogens with zero attached hydrogens (tertiary/aromatic N) is 3. The molecule has 1 fully saturated rings. The first-order valence-electron chi connectivity index (χ1n) is 10.5. The van der Waals surface area contributed by atoms with Crippen LogP contribution in [0.15, 0.2) is 60.7 Å². The van der Waals surface area contributed by atoms with Crippen LogP contribution in [0.4, 0.5) is 10.1 Å². The molecule has 0 unspecified atom stereocenters. The van der Waals surface area contributed by atoms with E-state index < -0.39 is 21.6 Å². The van der Waals surface area contributed by atoms with Gasteiger partial charge in [-0.2, -0.15) is 5.10 Å². The van der Waals surface area contributed by atoms with Crippen LogP contribution < -0.4 is 5.32 Å². The quantitative estimate of drug-likeness (QED) is 0.490. The van der Waals surface area contributed by atoms with E-state index in [1.165, 1.54) is 12.1 Å². The number of carbonyl (C=O) groups is 1. The standard InChI is InChI=1S/C24H21FN4O3S/c1-15-22-18(24(30)27-20-10-6-5-9-19(20)25)13-21(16-7-3-2-4-8-16)26-23(22)29(28-15)17-11-12-33(31,32)14-17/h2-10,13,17H,11-12,14H2,1H3,(H,27,30)/t17-/m0/s1. The van der Waals surface area contributed by atoms with E-state index in [1.807, 2.05) is 30.3 Å². The zero-order chi connectivity index (χ0) is 23.2. The van der Waals surface area contributed by atoms with Crippen molar-refractivity contribution < 1.29 is 17.6 Å². The molecule has 0 saturated carbocycles. The van der Waals surface area contributed by atoms with E-state index in [1.54, 1.807) is 29.8 Å². The van der Waals surface area contributed by atoms with E-state index in [-0.39, 0.29) is 23.2 Å². The second-order valence-electron chi connectivity index (χ2n) is 8.14. The molecule has 1 amide bonds. The molecule has 0 radical (unpaired) electrons. The van der Waals surface area contributed by atoms with Gasteiger partial charge in [0.15, 0.2) is 15.5 Å². The lowest BCUT2D eigenvalue weighted by molar-refractivity contribution is 0.102. The van der Waals surface area contributed by atoms with Gasteiger partial charge < -0.3 is 5.32 Å². The molecule has 5 rings (SSSR count). The highest BCUT2D eigenvalue weighted by Crippen LogP contribution is 2.32. The summed E-state index contributed by atoms with van der Waals surface area (Å²) in [4.78, 5) is 18.1. The third kappa shape index (κ3) is 4.00. The molecule has 2 aromatic heterocycles. The Bertz CT molecular complexity index is 1480. The molecule has 1 N–H and O–H groups in total. The van der Waals surface area contributed by atoms with Crippen molar-refractivity contribution in [3.05, 3.63) is 77.7 Å². The van der Waals surface area contributed by atoms with Crippen LogP contribution in [0.25, 0.3) is 22.3 Å². The Kier molecular flexibility index (Phi) is 5.20. The Labute approximate surface area is 190 Å². The zero-order valence-electron chi connectivity index (χ0n) is 17.8. The van der Waals surface area contributed by atoms with Crippen LogP contribution >= 0.6 is 0 Å². The summed E-state index contributed by atoms with van der Waals surface area (Å²) < 4.78 is 40.0. The molecular weight excluding hydrogens is 443 g/mol. The number of sulfone groups is 1. The Morgan fingerprint density at radius 1 is 1.12 bits per heavy atom. The average molecular weight is 465 g/mol. The molecular formula is C24H21FN4O3S. The van der Waals surface area contributed by atoms with E-state index in [4.69, 9.17) is 4.98 Å². The van der Waals surface area contributed by atoms with Gasteiger partial charge in [0.1, 0.15) is 5.82 Å². The second kappa shape index (κ2) is 8.08. The fourth-order valence-corrected chi connectivity index (χ4v) is 5.92. The Morgan fingerprint density at radius 2 is 1.85 bits per heavy atom. The Morgan fingerprint density at radius 3 is 2.55 bits per heavy atom. The summed E-state index contributed by atoms with van der Waals surface area (Å²) in [6.07, 6.45) is 0.437. The first-order chi connectivity index (χ1) is 15.8. The van der Waals surface area contributed by atoms with Crippen molar-refractivity contribution in [3.8, 4) is 11.3 Å². The normalized spacial score (nSPS) is 17.3. The number of aryl methyl sites for hydroxylation is 1. The smallest absolute Gasteiger partial charge is 0.256 e. The maximum absolute atomic E-state index is 14.2. The monoisotopic (exact) mass is 464 g/mol. The van der Waals surface area contributed by atoms with Crippen molar-refractivity contribution in [1.29, 1.82) is 0 Å². The van der Waals surface area contributed by atoms with Gasteiger partial charge in [0.2, 0.25) is 0 Å². The zero-order valence-corrected chi connectivity index (χ0v) is 18.6. The molecule has 0 bridgehead atoms.